The molecule has 0 amide bonds. The normalized spacial score (nSPS) is 11.5. The van der Waals surface area contributed by atoms with Crippen molar-refractivity contribution in [3.8, 4) is 5.75 Å². The van der Waals surface area contributed by atoms with Crippen LogP contribution in [0.25, 0.3) is 21.9 Å². The van der Waals surface area contributed by atoms with E-state index in [0.29, 0.717) is 16.7 Å². The van der Waals surface area contributed by atoms with E-state index in [9.17, 15) is 4.79 Å². The fraction of sp³-hybridized carbons (Fsp3) is 0.0526. The molecule has 0 bridgehead atoms. The maximum absolute atomic E-state index is 12.3. The summed E-state index contributed by atoms with van der Waals surface area (Å²) in [5.74, 6) is 0.477. The van der Waals surface area contributed by atoms with Crippen molar-refractivity contribution >= 4 is 45.4 Å². The first-order chi connectivity index (χ1) is 12.7. The van der Waals surface area contributed by atoms with E-state index in [1.807, 2.05) is 30.3 Å². The van der Waals surface area contributed by atoms with Crippen molar-refractivity contribution in [1.29, 1.82) is 0 Å². The fourth-order valence-corrected chi connectivity index (χ4v) is 3.04. The number of fused-ring (bicyclic) bond motifs is 2. The number of nitrogens with one attached hydrogen (secondary N) is 1. The lowest BCUT2D eigenvalue weighted by Crippen LogP contribution is -2.09. The molecule has 6 nitrogen and oxygen atoms in total. The molecule has 7 heteroatoms. The van der Waals surface area contributed by atoms with Gasteiger partial charge in [0.2, 0.25) is 0 Å². The second kappa shape index (κ2) is 6.57. The molecule has 0 aliphatic carbocycles. The van der Waals surface area contributed by atoms with Gasteiger partial charge in [0.05, 0.1) is 46.6 Å². The topological polar surface area (TPSA) is 77.0 Å². The van der Waals surface area contributed by atoms with Crippen molar-refractivity contribution in [3.05, 3.63) is 69.7 Å². The molecule has 130 valence electrons. The van der Waals surface area contributed by atoms with Crippen molar-refractivity contribution < 1.29 is 13.6 Å². The molecule has 0 aliphatic rings. The van der Waals surface area contributed by atoms with Gasteiger partial charge in [-0.3, -0.25) is 5.43 Å². The third-order valence-electron chi connectivity index (χ3n) is 3.92. The van der Waals surface area contributed by atoms with Crippen LogP contribution in [-0.4, -0.2) is 13.3 Å². The smallest absolute Gasteiger partial charge is 0.346 e. The van der Waals surface area contributed by atoms with Crippen LogP contribution in [0.5, 0.6) is 5.75 Å². The number of furan rings is 1. The summed E-state index contributed by atoms with van der Waals surface area (Å²) in [6.07, 6.45) is 2.86. The summed E-state index contributed by atoms with van der Waals surface area (Å²) in [5, 5.41) is 5.50. The number of benzene rings is 2. The van der Waals surface area contributed by atoms with E-state index in [2.05, 4.69) is 10.5 Å². The Bertz CT molecular complexity index is 1180. The van der Waals surface area contributed by atoms with Crippen LogP contribution >= 0.6 is 11.6 Å². The van der Waals surface area contributed by atoms with E-state index in [1.165, 1.54) is 19.6 Å². The van der Waals surface area contributed by atoms with E-state index >= 15 is 0 Å². The Morgan fingerprint density at radius 1 is 1.19 bits per heavy atom. The van der Waals surface area contributed by atoms with Crippen LogP contribution in [-0.2, 0) is 0 Å². The van der Waals surface area contributed by atoms with E-state index in [0.717, 1.165) is 11.1 Å². The minimum atomic E-state index is -0.603. The Morgan fingerprint density at radius 2 is 2.00 bits per heavy atom. The highest BCUT2D eigenvalue weighted by Crippen LogP contribution is 2.39. The lowest BCUT2D eigenvalue weighted by molar-refractivity contribution is 0.423. The van der Waals surface area contributed by atoms with Crippen LogP contribution < -0.4 is 15.8 Å². The van der Waals surface area contributed by atoms with Gasteiger partial charge in [-0.05, 0) is 18.2 Å². The quantitative estimate of drug-likeness (QED) is 0.322. The lowest BCUT2D eigenvalue weighted by atomic mass is 10.1. The van der Waals surface area contributed by atoms with Gasteiger partial charge in [-0.2, -0.15) is 5.10 Å². The monoisotopic (exact) mass is 368 g/mol. The minimum absolute atomic E-state index is 0.128. The zero-order valence-electron chi connectivity index (χ0n) is 13.7. The number of para-hydroxylation sites is 1. The second-order valence-corrected chi connectivity index (χ2v) is 5.85. The van der Waals surface area contributed by atoms with Gasteiger partial charge in [0.25, 0.3) is 0 Å². The van der Waals surface area contributed by atoms with E-state index in [-0.39, 0.29) is 16.2 Å². The first-order valence-electron chi connectivity index (χ1n) is 7.73. The van der Waals surface area contributed by atoms with Gasteiger partial charge in [-0.1, -0.05) is 29.8 Å². The summed E-state index contributed by atoms with van der Waals surface area (Å²) in [7, 11) is 1.52. The van der Waals surface area contributed by atoms with Crippen LogP contribution in [0.1, 0.15) is 5.56 Å². The Kier molecular flexibility index (Phi) is 4.10. The van der Waals surface area contributed by atoms with Crippen LogP contribution in [0.2, 0.25) is 5.02 Å². The van der Waals surface area contributed by atoms with Crippen molar-refractivity contribution in [2.45, 2.75) is 0 Å². The second-order valence-electron chi connectivity index (χ2n) is 5.47. The van der Waals surface area contributed by atoms with Crippen LogP contribution in [0.4, 0.5) is 5.69 Å². The van der Waals surface area contributed by atoms with Crippen molar-refractivity contribution in [3.63, 3.8) is 0 Å². The molecular formula is C19H13ClN2O4. The predicted molar refractivity (Wildman–Crippen MR) is 101 cm³/mol. The number of hydrogen-bond donors (Lipinski definition) is 1. The first-order valence-corrected chi connectivity index (χ1v) is 8.11. The van der Waals surface area contributed by atoms with Gasteiger partial charge in [0, 0.05) is 6.07 Å². The number of halogens is 1. The fourth-order valence-electron chi connectivity index (χ4n) is 2.73. The van der Waals surface area contributed by atoms with Crippen molar-refractivity contribution in [2.24, 2.45) is 5.10 Å². The van der Waals surface area contributed by atoms with Gasteiger partial charge < -0.3 is 13.6 Å². The van der Waals surface area contributed by atoms with Crippen LogP contribution in [0, 0.1) is 0 Å². The van der Waals surface area contributed by atoms with Crippen LogP contribution in [0.15, 0.2) is 67.5 Å². The summed E-state index contributed by atoms with van der Waals surface area (Å²) in [4.78, 5) is 12.3. The highest BCUT2D eigenvalue weighted by atomic mass is 35.5. The summed E-state index contributed by atoms with van der Waals surface area (Å²) >= 11 is 6.49. The molecule has 0 unspecified atom stereocenters. The van der Waals surface area contributed by atoms with E-state index in [4.69, 9.17) is 25.2 Å². The van der Waals surface area contributed by atoms with Gasteiger partial charge in [-0.25, -0.2) is 4.79 Å². The number of anilines is 1. The molecule has 0 saturated carbocycles. The first kappa shape index (κ1) is 16.2. The molecule has 0 atom stereocenters. The molecular weight excluding hydrogens is 356 g/mol. The van der Waals surface area contributed by atoms with Gasteiger partial charge in [0.1, 0.15) is 16.9 Å². The van der Waals surface area contributed by atoms with Gasteiger partial charge in [0.15, 0.2) is 0 Å². The summed E-state index contributed by atoms with van der Waals surface area (Å²) < 4.78 is 16.3. The molecule has 0 fully saturated rings. The number of hydrogen-bond acceptors (Lipinski definition) is 6. The Balaban J connectivity index is 1.85. The molecule has 0 aliphatic heterocycles. The van der Waals surface area contributed by atoms with Gasteiger partial charge >= 0.3 is 5.63 Å². The molecule has 0 saturated heterocycles. The highest BCUT2D eigenvalue weighted by Gasteiger charge is 2.19. The number of nitrogens with zero attached hydrogens (tertiary/aromatic N) is 1. The zero-order valence-corrected chi connectivity index (χ0v) is 14.4. The molecule has 0 spiro atoms. The average Bonchev–Trinajstić information content (AvgIpc) is 3.11. The van der Waals surface area contributed by atoms with E-state index in [1.54, 1.807) is 12.1 Å². The molecule has 0 radical (unpaired) electrons. The third-order valence-corrected chi connectivity index (χ3v) is 4.31. The van der Waals surface area contributed by atoms with Crippen molar-refractivity contribution in [2.75, 3.05) is 12.5 Å². The number of rotatable bonds is 4. The Hall–Kier alpha value is -3.25. The molecule has 4 rings (SSSR count). The highest BCUT2D eigenvalue weighted by molar-refractivity contribution is 6.38. The summed E-state index contributed by atoms with van der Waals surface area (Å²) in [6.45, 7) is 0. The number of ether oxygens (including phenoxy) is 1. The summed E-state index contributed by atoms with van der Waals surface area (Å²) in [6, 6.07) is 12.7. The standard InChI is InChI=1S/C19H13ClN2O4/c1-24-18-12-7-8-25-14(12)9-15-16(18)17(20)13(19(23)26-15)10-21-22-11-5-3-2-4-6-11/h2-10,22H,1H3/b21-10+. The molecule has 26 heavy (non-hydrogen) atoms. The average molecular weight is 369 g/mol. The Morgan fingerprint density at radius 3 is 2.77 bits per heavy atom. The number of methoxy groups -OCH3 is 1. The lowest BCUT2D eigenvalue weighted by Gasteiger charge is -2.09. The largest absolute Gasteiger partial charge is 0.495 e. The van der Waals surface area contributed by atoms with Crippen molar-refractivity contribution in [1.82, 2.24) is 0 Å². The predicted octanol–water partition coefficient (Wildman–Crippen LogP) is 4.65. The molecule has 4 aromatic rings. The maximum atomic E-state index is 12.3. The van der Waals surface area contributed by atoms with Crippen LogP contribution in [0.3, 0.4) is 0 Å². The molecule has 2 aromatic heterocycles. The van der Waals surface area contributed by atoms with Gasteiger partial charge in [-0.15, -0.1) is 0 Å². The molecule has 1 N–H and O–H groups in total. The minimum Gasteiger partial charge on any atom is -0.495 e. The molecule has 2 aromatic carbocycles. The zero-order chi connectivity index (χ0) is 18.1. The summed E-state index contributed by atoms with van der Waals surface area (Å²) in [5.41, 5.74) is 3.97. The molecule has 2 heterocycles. The Labute approximate surface area is 152 Å². The number of hydrazone groups is 1. The maximum Gasteiger partial charge on any atom is 0.346 e. The van der Waals surface area contributed by atoms with E-state index < -0.39 is 5.63 Å². The SMILES string of the molecule is COc1c2ccoc2cc2oc(=O)c(/C=N/Nc3ccccc3)c(Cl)c12. The third kappa shape index (κ3) is 2.70.